The summed E-state index contributed by atoms with van der Waals surface area (Å²) in [6.45, 7) is 0.568. The number of amides is 1. The third-order valence-corrected chi connectivity index (χ3v) is 5.00. The first-order chi connectivity index (χ1) is 15.9. The normalized spacial score (nSPS) is 11.2. The highest BCUT2D eigenvalue weighted by Crippen LogP contribution is 2.31. The Balaban J connectivity index is 1.52. The van der Waals surface area contributed by atoms with E-state index in [9.17, 15) is 18.0 Å². The van der Waals surface area contributed by atoms with Crippen molar-refractivity contribution in [3.63, 3.8) is 0 Å². The van der Waals surface area contributed by atoms with Gasteiger partial charge in [-0.2, -0.15) is 13.2 Å². The van der Waals surface area contributed by atoms with E-state index >= 15 is 0 Å². The van der Waals surface area contributed by atoms with E-state index in [1.807, 2.05) is 42.5 Å². The molecule has 0 aliphatic rings. The lowest BCUT2D eigenvalue weighted by Crippen LogP contribution is -2.30. The molecule has 0 aliphatic heterocycles. The van der Waals surface area contributed by atoms with E-state index in [-0.39, 0.29) is 12.3 Å². The van der Waals surface area contributed by atoms with Gasteiger partial charge < -0.3 is 14.1 Å². The van der Waals surface area contributed by atoms with Gasteiger partial charge in [0.05, 0.1) is 18.4 Å². The van der Waals surface area contributed by atoms with Crippen LogP contribution >= 0.6 is 0 Å². The van der Waals surface area contributed by atoms with Crippen molar-refractivity contribution < 1.29 is 27.1 Å². The summed E-state index contributed by atoms with van der Waals surface area (Å²) in [4.78, 5) is 14.4. The Labute approximate surface area is 188 Å². The molecule has 168 valence electrons. The first-order valence-corrected chi connectivity index (χ1v) is 10.2. The second kappa shape index (κ2) is 9.65. The number of alkyl halides is 3. The van der Waals surface area contributed by atoms with Crippen LogP contribution in [0.3, 0.4) is 0 Å². The summed E-state index contributed by atoms with van der Waals surface area (Å²) >= 11 is 0. The molecule has 1 heterocycles. The molecular formula is C26H20F3NO3. The SMILES string of the molecule is O=C(c1ccco1)N(Cc1ccc(OCc2ccccc2)cc1)c1ccc(C(F)(F)F)cc1. The number of rotatable bonds is 7. The van der Waals surface area contributed by atoms with Crippen molar-refractivity contribution in [3.05, 3.63) is 120 Å². The van der Waals surface area contributed by atoms with Crippen molar-refractivity contribution in [2.75, 3.05) is 4.90 Å². The maximum absolute atomic E-state index is 13.0. The molecule has 0 saturated heterocycles. The van der Waals surface area contributed by atoms with Gasteiger partial charge in [0.15, 0.2) is 5.76 Å². The van der Waals surface area contributed by atoms with Crippen LogP contribution in [0.2, 0.25) is 0 Å². The Bertz CT molecular complexity index is 1170. The van der Waals surface area contributed by atoms with E-state index in [4.69, 9.17) is 9.15 Å². The van der Waals surface area contributed by atoms with Crippen molar-refractivity contribution in [1.82, 2.24) is 0 Å². The summed E-state index contributed by atoms with van der Waals surface area (Å²) in [6, 6.07) is 24.5. The molecule has 4 aromatic rings. The summed E-state index contributed by atoms with van der Waals surface area (Å²) in [5.74, 6) is 0.308. The van der Waals surface area contributed by atoms with E-state index in [0.717, 1.165) is 23.3 Å². The Hall–Kier alpha value is -4.00. The third-order valence-electron chi connectivity index (χ3n) is 5.00. The van der Waals surface area contributed by atoms with E-state index in [1.54, 1.807) is 18.2 Å². The number of hydrogen-bond acceptors (Lipinski definition) is 3. The molecule has 4 rings (SSSR count). The minimum Gasteiger partial charge on any atom is -0.489 e. The van der Waals surface area contributed by atoms with Gasteiger partial charge in [-0.1, -0.05) is 42.5 Å². The number of ether oxygens (including phenoxy) is 1. The van der Waals surface area contributed by atoms with Gasteiger partial charge in [0.1, 0.15) is 12.4 Å². The minimum absolute atomic E-state index is 0.0951. The van der Waals surface area contributed by atoms with Crippen molar-refractivity contribution in [1.29, 1.82) is 0 Å². The van der Waals surface area contributed by atoms with Crippen LogP contribution in [0, 0.1) is 0 Å². The van der Waals surface area contributed by atoms with Crippen LogP contribution in [-0.2, 0) is 19.3 Å². The molecule has 4 nitrogen and oxygen atoms in total. The summed E-state index contributed by atoms with van der Waals surface area (Å²) < 4.78 is 49.9. The quantitative estimate of drug-likeness (QED) is 0.313. The summed E-state index contributed by atoms with van der Waals surface area (Å²) in [5.41, 5.74) is 1.37. The molecule has 7 heteroatoms. The summed E-state index contributed by atoms with van der Waals surface area (Å²) in [7, 11) is 0. The van der Waals surface area contributed by atoms with Crippen LogP contribution in [0.1, 0.15) is 27.2 Å². The molecule has 0 aliphatic carbocycles. The van der Waals surface area contributed by atoms with E-state index in [1.165, 1.54) is 29.4 Å². The number of anilines is 1. The fraction of sp³-hybridized carbons (Fsp3) is 0.115. The molecule has 0 radical (unpaired) electrons. The lowest BCUT2D eigenvalue weighted by atomic mass is 10.1. The van der Waals surface area contributed by atoms with Gasteiger partial charge in [-0.05, 0) is 59.7 Å². The highest BCUT2D eigenvalue weighted by molar-refractivity contribution is 6.04. The first kappa shape index (κ1) is 22.2. The second-order valence-electron chi connectivity index (χ2n) is 7.33. The monoisotopic (exact) mass is 451 g/mol. The smallest absolute Gasteiger partial charge is 0.416 e. The van der Waals surface area contributed by atoms with Gasteiger partial charge in [0, 0.05) is 5.69 Å². The third kappa shape index (κ3) is 5.63. The number of furan rings is 1. The molecule has 0 spiro atoms. The fourth-order valence-electron chi connectivity index (χ4n) is 3.26. The van der Waals surface area contributed by atoms with E-state index in [0.29, 0.717) is 18.0 Å². The molecule has 0 N–H and O–H groups in total. The average molecular weight is 451 g/mol. The van der Waals surface area contributed by atoms with Crippen LogP contribution < -0.4 is 9.64 Å². The lowest BCUT2D eigenvalue weighted by Gasteiger charge is -2.23. The minimum atomic E-state index is -4.45. The molecule has 0 bridgehead atoms. The molecule has 0 unspecified atom stereocenters. The number of hydrogen-bond donors (Lipinski definition) is 0. The zero-order valence-electron chi connectivity index (χ0n) is 17.5. The van der Waals surface area contributed by atoms with Crippen LogP contribution in [0.15, 0.2) is 102 Å². The van der Waals surface area contributed by atoms with Gasteiger partial charge >= 0.3 is 6.18 Å². The van der Waals surface area contributed by atoms with E-state index < -0.39 is 17.6 Å². The van der Waals surface area contributed by atoms with Crippen LogP contribution in [0.25, 0.3) is 0 Å². The van der Waals surface area contributed by atoms with Crippen LogP contribution in [0.4, 0.5) is 18.9 Å². The predicted octanol–water partition coefficient (Wildman–Crippen LogP) is 6.72. The fourth-order valence-corrected chi connectivity index (χ4v) is 3.26. The Morgan fingerprint density at radius 3 is 2.12 bits per heavy atom. The molecule has 0 saturated carbocycles. The van der Waals surface area contributed by atoms with Gasteiger partial charge in [-0.25, -0.2) is 0 Å². The predicted molar refractivity (Wildman–Crippen MR) is 118 cm³/mol. The number of carbonyl (C=O) groups is 1. The highest BCUT2D eigenvalue weighted by atomic mass is 19.4. The van der Waals surface area contributed by atoms with Crippen LogP contribution in [0.5, 0.6) is 5.75 Å². The average Bonchev–Trinajstić information content (AvgIpc) is 3.37. The van der Waals surface area contributed by atoms with Gasteiger partial charge in [0.25, 0.3) is 5.91 Å². The zero-order valence-corrected chi connectivity index (χ0v) is 17.5. The van der Waals surface area contributed by atoms with Crippen molar-refractivity contribution in [2.45, 2.75) is 19.3 Å². The zero-order chi connectivity index (χ0) is 23.3. The topological polar surface area (TPSA) is 42.7 Å². The van der Waals surface area contributed by atoms with Crippen molar-refractivity contribution in [3.8, 4) is 5.75 Å². The molecule has 3 aromatic carbocycles. The summed E-state index contributed by atoms with van der Waals surface area (Å²) in [5, 5.41) is 0. The molecule has 0 atom stereocenters. The first-order valence-electron chi connectivity index (χ1n) is 10.2. The molecular weight excluding hydrogens is 431 g/mol. The number of nitrogens with zero attached hydrogens (tertiary/aromatic N) is 1. The Morgan fingerprint density at radius 1 is 0.818 bits per heavy atom. The molecule has 1 aromatic heterocycles. The second-order valence-corrected chi connectivity index (χ2v) is 7.33. The largest absolute Gasteiger partial charge is 0.489 e. The number of benzene rings is 3. The van der Waals surface area contributed by atoms with Crippen LogP contribution in [-0.4, -0.2) is 5.91 Å². The Kier molecular flexibility index (Phi) is 6.49. The van der Waals surface area contributed by atoms with Crippen molar-refractivity contribution >= 4 is 11.6 Å². The molecule has 33 heavy (non-hydrogen) atoms. The summed E-state index contributed by atoms with van der Waals surface area (Å²) in [6.07, 6.45) is -3.08. The maximum Gasteiger partial charge on any atom is 0.416 e. The van der Waals surface area contributed by atoms with Crippen molar-refractivity contribution in [2.24, 2.45) is 0 Å². The standard InChI is InChI=1S/C26H20F3NO3/c27-26(28,29)21-10-12-22(13-11-21)30(25(31)24-7-4-16-32-24)17-19-8-14-23(15-9-19)33-18-20-5-2-1-3-6-20/h1-16H,17-18H2. The lowest BCUT2D eigenvalue weighted by molar-refractivity contribution is -0.137. The maximum atomic E-state index is 13.0. The number of halogens is 3. The number of carbonyl (C=O) groups excluding carboxylic acids is 1. The van der Waals surface area contributed by atoms with Gasteiger partial charge in [0.2, 0.25) is 0 Å². The van der Waals surface area contributed by atoms with Gasteiger partial charge in [-0.15, -0.1) is 0 Å². The molecule has 0 fully saturated rings. The van der Waals surface area contributed by atoms with Gasteiger partial charge in [-0.3, -0.25) is 4.79 Å². The molecule has 1 amide bonds. The Morgan fingerprint density at radius 2 is 1.52 bits per heavy atom. The highest BCUT2D eigenvalue weighted by Gasteiger charge is 2.30. The van der Waals surface area contributed by atoms with E-state index in [2.05, 4.69) is 0 Å².